The van der Waals surface area contributed by atoms with Crippen molar-refractivity contribution < 1.29 is 18.7 Å². The van der Waals surface area contributed by atoms with Crippen molar-refractivity contribution in [2.75, 3.05) is 19.4 Å². The van der Waals surface area contributed by atoms with Crippen LogP contribution in [0.3, 0.4) is 0 Å². The summed E-state index contributed by atoms with van der Waals surface area (Å²) in [6.07, 6.45) is 4.92. The molecule has 158 valence electrons. The minimum atomic E-state index is -0.589. The molecule has 10 heteroatoms. The monoisotopic (exact) mass is 442 g/mol. The zero-order valence-electron chi connectivity index (χ0n) is 16.0. The third-order valence-electron chi connectivity index (χ3n) is 5.75. The van der Waals surface area contributed by atoms with E-state index in [1.165, 1.54) is 12.1 Å². The van der Waals surface area contributed by atoms with Gasteiger partial charge in [0.25, 0.3) is 5.91 Å². The predicted octanol–water partition coefficient (Wildman–Crippen LogP) is 1.36. The quantitative estimate of drug-likeness (QED) is 0.510. The maximum Gasteiger partial charge on any atom is 0.258 e. The number of halogens is 2. The maximum atomic E-state index is 13.4. The van der Waals surface area contributed by atoms with Gasteiger partial charge >= 0.3 is 0 Å². The van der Waals surface area contributed by atoms with E-state index in [-0.39, 0.29) is 51.8 Å². The van der Waals surface area contributed by atoms with Gasteiger partial charge in [0.2, 0.25) is 5.91 Å². The van der Waals surface area contributed by atoms with Crippen molar-refractivity contribution in [1.82, 2.24) is 21.3 Å². The highest BCUT2D eigenvalue weighted by Gasteiger charge is 2.69. The zero-order chi connectivity index (χ0) is 20.6. The Morgan fingerprint density at radius 3 is 2.72 bits per heavy atom. The Labute approximate surface area is 177 Å². The lowest BCUT2D eigenvalue weighted by Gasteiger charge is -2.70. The summed E-state index contributed by atoms with van der Waals surface area (Å²) in [5.74, 6) is -0.573. The average molecular weight is 443 g/mol. The maximum absolute atomic E-state index is 13.4. The first-order valence-corrected chi connectivity index (χ1v) is 11.2. The van der Waals surface area contributed by atoms with Crippen molar-refractivity contribution in [2.45, 2.75) is 48.3 Å². The Morgan fingerprint density at radius 1 is 1.31 bits per heavy atom. The van der Waals surface area contributed by atoms with Gasteiger partial charge in [-0.25, -0.2) is 4.39 Å². The molecule has 3 aliphatic carbocycles. The molecule has 2 unspecified atom stereocenters. The van der Waals surface area contributed by atoms with Crippen molar-refractivity contribution >= 4 is 35.2 Å². The van der Waals surface area contributed by atoms with Gasteiger partial charge in [-0.1, -0.05) is 11.6 Å². The number of thioether (sulfide) groups is 1. The lowest BCUT2D eigenvalue weighted by Crippen LogP contribution is -2.84. The summed E-state index contributed by atoms with van der Waals surface area (Å²) < 4.78 is 18.7. The van der Waals surface area contributed by atoms with Crippen LogP contribution in [-0.4, -0.2) is 53.8 Å². The largest absolute Gasteiger partial charge is 0.484 e. The van der Waals surface area contributed by atoms with Gasteiger partial charge in [0, 0.05) is 17.1 Å². The fourth-order valence-corrected chi connectivity index (χ4v) is 5.19. The molecule has 4 aliphatic rings. The molecule has 0 aromatic heterocycles. The highest BCUT2D eigenvalue weighted by atomic mass is 35.5. The first-order chi connectivity index (χ1) is 13.8. The molecule has 1 aromatic carbocycles. The van der Waals surface area contributed by atoms with Crippen LogP contribution in [0.15, 0.2) is 18.2 Å². The number of carbonyl (C=O) groups excluding carboxylic acids is 2. The van der Waals surface area contributed by atoms with Crippen molar-refractivity contribution in [3.8, 4) is 5.75 Å². The second kappa shape index (κ2) is 7.94. The molecule has 4 N–H and O–H groups in total. The molecule has 1 aromatic rings. The van der Waals surface area contributed by atoms with Crippen LogP contribution in [0.2, 0.25) is 5.02 Å². The van der Waals surface area contributed by atoms with Crippen LogP contribution in [0.1, 0.15) is 25.7 Å². The van der Waals surface area contributed by atoms with E-state index in [0.29, 0.717) is 0 Å². The van der Waals surface area contributed by atoms with Crippen LogP contribution in [0.5, 0.6) is 5.75 Å². The van der Waals surface area contributed by atoms with Gasteiger partial charge in [-0.3, -0.25) is 20.2 Å². The Hall–Kier alpha value is -1.55. The van der Waals surface area contributed by atoms with E-state index in [1.54, 1.807) is 11.8 Å². The highest BCUT2D eigenvalue weighted by Crippen LogP contribution is 2.60. The molecule has 1 heterocycles. The number of carbonyl (C=O) groups is 2. The lowest BCUT2D eigenvalue weighted by molar-refractivity contribution is -0.151. The summed E-state index contributed by atoms with van der Waals surface area (Å²) in [5, 5.41) is 12.7. The fourth-order valence-electron chi connectivity index (χ4n) is 4.49. The Bertz CT molecular complexity index is 807. The molecule has 7 nitrogen and oxygen atoms in total. The van der Waals surface area contributed by atoms with Crippen molar-refractivity contribution in [1.29, 1.82) is 0 Å². The third kappa shape index (κ3) is 4.33. The second-order valence-corrected chi connectivity index (χ2v) is 9.42. The van der Waals surface area contributed by atoms with Crippen LogP contribution < -0.4 is 26.0 Å². The number of rotatable bonds is 7. The van der Waals surface area contributed by atoms with Gasteiger partial charge in [-0.2, -0.15) is 0 Å². The van der Waals surface area contributed by atoms with Crippen LogP contribution in [0.4, 0.5) is 4.39 Å². The summed E-state index contributed by atoms with van der Waals surface area (Å²) >= 11 is 7.26. The number of hydrogen-bond acceptors (Lipinski definition) is 6. The van der Waals surface area contributed by atoms with E-state index >= 15 is 0 Å². The summed E-state index contributed by atoms with van der Waals surface area (Å²) in [4.78, 5) is 24.8. The first-order valence-electron chi connectivity index (χ1n) is 9.55. The molecular formula is C19H24ClFN4O3S. The van der Waals surface area contributed by atoms with Crippen LogP contribution in [-0.2, 0) is 9.59 Å². The molecule has 4 fully saturated rings. The molecule has 2 bridgehead atoms. The standard InChI is InChI=1S/C19H24ClFN4O3S/c1-29-17-22-5-4-14(23-17)16(27)25-19-8-18(9-19,10-19)24-15(26)7-28-11-2-3-12(20)13(21)6-11/h2-3,6,14,17,22-23H,4-5,7-10H2,1H3,(H,24,26)(H,25,27). The zero-order valence-corrected chi connectivity index (χ0v) is 17.6. The van der Waals surface area contributed by atoms with Gasteiger partial charge in [0.15, 0.2) is 6.61 Å². The van der Waals surface area contributed by atoms with Crippen molar-refractivity contribution in [2.24, 2.45) is 0 Å². The van der Waals surface area contributed by atoms with E-state index < -0.39 is 5.82 Å². The third-order valence-corrected chi connectivity index (χ3v) is 6.83. The van der Waals surface area contributed by atoms with Crippen LogP contribution in [0.25, 0.3) is 0 Å². The minimum absolute atomic E-state index is 0.00618. The van der Waals surface area contributed by atoms with E-state index in [2.05, 4.69) is 21.3 Å². The van der Waals surface area contributed by atoms with Crippen molar-refractivity contribution in [3.05, 3.63) is 29.0 Å². The number of amides is 2. The smallest absolute Gasteiger partial charge is 0.258 e. The second-order valence-electron chi connectivity index (χ2n) is 8.07. The van der Waals surface area contributed by atoms with Gasteiger partial charge in [-0.05, 0) is 50.6 Å². The molecule has 2 amide bonds. The molecule has 0 spiro atoms. The summed E-state index contributed by atoms with van der Waals surface area (Å²) in [5.41, 5.74) is -0.374. The van der Waals surface area contributed by atoms with E-state index in [4.69, 9.17) is 16.3 Å². The Kier molecular flexibility index (Phi) is 5.67. The van der Waals surface area contributed by atoms with E-state index in [9.17, 15) is 14.0 Å². The minimum Gasteiger partial charge on any atom is -0.484 e. The summed E-state index contributed by atoms with van der Waals surface area (Å²) in [7, 11) is 0. The molecule has 29 heavy (non-hydrogen) atoms. The average Bonchev–Trinajstić information content (AvgIpc) is 2.66. The predicted molar refractivity (Wildman–Crippen MR) is 109 cm³/mol. The molecule has 2 atom stereocenters. The first kappa shape index (κ1) is 20.7. The van der Waals surface area contributed by atoms with E-state index in [1.807, 2.05) is 6.26 Å². The number of benzene rings is 1. The normalized spacial score (nSPS) is 32.5. The van der Waals surface area contributed by atoms with Crippen LogP contribution >= 0.6 is 23.4 Å². The van der Waals surface area contributed by atoms with Gasteiger partial charge in [0.1, 0.15) is 17.1 Å². The van der Waals surface area contributed by atoms with Crippen molar-refractivity contribution in [3.63, 3.8) is 0 Å². The molecule has 1 aliphatic heterocycles. The Morgan fingerprint density at radius 2 is 2.03 bits per heavy atom. The molecule has 5 rings (SSSR count). The van der Waals surface area contributed by atoms with Crippen LogP contribution in [0, 0.1) is 5.82 Å². The number of nitrogens with one attached hydrogen (secondary N) is 4. The fraction of sp³-hybridized carbons (Fsp3) is 0.579. The SMILES string of the molecule is CSC1NCCC(C(=O)NC23CC(NC(=O)COc4ccc(Cl)c(F)c4)(C2)C3)N1. The lowest BCUT2D eigenvalue weighted by atomic mass is 9.44. The van der Waals surface area contributed by atoms with Gasteiger partial charge < -0.3 is 15.4 Å². The van der Waals surface area contributed by atoms with Gasteiger partial charge in [-0.15, -0.1) is 11.8 Å². The summed E-state index contributed by atoms with van der Waals surface area (Å²) in [6, 6.07) is 3.86. The van der Waals surface area contributed by atoms with Gasteiger partial charge in [0.05, 0.1) is 11.1 Å². The number of hydrogen-bond donors (Lipinski definition) is 4. The Balaban J connectivity index is 1.20. The topological polar surface area (TPSA) is 91.5 Å². The number of ether oxygens (including phenoxy) is 1. The highest BCUT2D eigenvalue weighted by molar-refractivity contribution is 7.99. The summed E-state index contributed by atoms with van der Waals surface area (Å²) in [6.45, 7) is 0.609. The van der Waals surface area contributed by atoms with E-state index in [0.717, 1.165) is 38.3 Å². The molecule has 0 radical (unpaired) electrons. The molecule has 3 saturated carbocycles. The molecule has 1 saturated heterocycles. The molecular weight excluding hydrogens is 419 g/mol.